The van der Waals surface area contributed by atoms with Crippen LogP contribution < -0.4 is 15.2 Å². The molecule has 88 valence electrons. The van der Waals surface area contributed by atoms with E-state index in [1.54, 1.807) is 0 Å². The highest BCUT2D eigenvalue weighted by Gasteiger charge is 2.19. The number of hydrogen-bond donors (Lipinski definition) is 1. The molecule has 16 heavy (non-hydrogen) atoms. The van der Waals surface area contributed by atoms with Crippen LogP contribution in [-0.2, 0) is 6.42 Å². The number of rotatable bonds is 3. The van der Waals surface area contributed by atoms with E-state index in [1.165, 1.54) is 0 Å². The SMILES string of the molecule is Cc1cc2c(c(Cl)c1CCCN)OCCO2. The van der Waals surface area contributed by atoms with E-state index in [0.717, 1.165) is 29.7 Å². The molecule has 1 aliphatic rings. The van der Waals surface area contributed by atoms with Crippen LogP contribution in [0.4, 0.5) is 0 Å². The van der Waals surface area contributed by atoms with Crippen molar-refractivity contribution in [2.45, 2.75) is 19.8 Å². The third kappa shape index (κ3) is 2.11. The molecule has 0 saturated heterocycles. The average molecular weight is 242 g/mol. The van der Waals surface area contributed by atoms with Crippen LogP contribution in [0.5, 0.6) is 11.5 Å². The van der Waals surface area contributed by atoms with E-state index in [0.29, 0.717) is 30.5 Å². The van der Waals surface area contributed by atoms with Crippen molar-refractivity contribution in [3.05, 3.63) is 22.2 Å². The summed E-state index contributed by atoms with van der Waals surface area (Å²) >= 11 is 6.32. The van der Waals surface area contributed by atoms with Crippen molar-refractivity contribution in [3.8, 4) is 11.5 Å². The van der Waals surface area contributed by atoms with Crippen molar-refractivity contribution in [2.75, 3.05) is 19.8 Å². The van der Waals surface area contributed by atoms with E-state index in [1.807, 2.05) is 13.0 Å². The zero-order valence-electron chi connectivity index (χ0n) is 9.38. The first kappa shape index (κ1) is 11.6. The summed E-state index contributed by atoms with van der Waals surface area (Å²) in [5, 5.41) is 0.683. The molecule has 0 atom stereocenters. The number of halogens is 1. The first-order valence-corrected chi connectivity index (χ1v) is 5.89. The van der Waals surface area contributed by atoms with Gasteiger partial charge in [0.05, 0.1) is 5.02 Å². The van der Waals surface area contributed by atoms with Crippen molar-refractivity contribution in [1.82, 2.24) is 0 Å². The standard InChI is InChI=1S/C12H16ClNO2/c1-8-7-10-12(16-6-5-15-10)11(13)9(8)3-2-4-14/h7H,2-6,14H2,1H3. The highest BCUT2D eigenvalue weighted by Crippen LogP contribution is 2.41. The van der Waals surface area contributed by atoms with Gasteiger partial charge in [-0.15, -0.1) is 0 Å². The molecule has 2 N–H and O–H groups in total. The molecule has 0 unspecified atom stereocenters. The quantitative estimate of drug-likeness (QED) is 0.883. The van der Waals surface area contributed by atoms with E-state index in [2.05, 4.69) is 0 Å². The van der Waals surface area contributed by atoms with Crippen LogP contribution in [0.3, 0.4) is 0 Å². The van der Waals surface area contributed by atoms with Gasteiger partial charge in [0.1, 0.15) is 13.2 Å². The highest BCUT2D eigenvalue weighted by atomic mass is 35.5. The second kappa shape index (κ2) is 4.93. The van der Waals surface area contributed by atoms with Crippen molar-refractivity contribution in [1.29, 1.82) is 0 Å². The Morgan fingerprint density at radius 1 is 1.38 bits per heavy atom. The first-order valence-electron chi connectivity index (χ1n) is 5.51. The van der Waals surface area contributed by atoms with Gasteiger partial charge in [-0.2, -0.15) is 0 Å². The Kier molecular flexibility index (Phi) is 3.56. The molecule has 2 rings (SSSR count). The van der Waals surface area contributed by atoms with Gasteiger partial charge in [-0.3, -0.25) is 0 Å². The van der Waals surface area contributed by atoms with Crippen molar-refractivity contribution in [2.24, 2.45) is 5.73 Å². The number of ether oxygens (including phenoxy) is 2. The predicted molar refractivity (Wildman–Crippen MR) is 64.6 cm³/mol. The predicted octanol–water partition coefficient (Wildman–Crippen LogP) is 2.31. The van der Waals surface area contributed by atoms with Crippen molar-refractivity contribution < 1.29 is 9.47 Å². The molecule has 1 aliphatic heterocycles. The maximum Gasteiger partial charge on any atom is 0.180 e. The van der Waals surface area contributed by atoms with Crippen molar-refractivity contribution in [3.63, 3.8) is 0 Å². The molecule has 0 aliphatic carbocycles. The Labute approximate surface area is 100 Å². The van der Waals surface area contributed by atoms with E-state index in [4.69, 9.17) is 26.8 Å². The Morgan fingerprint density at radius 3 is 2.88 bits per heavy atom. The minimum absolute atomic E-state index is 0.562. The zero-order chi connectivity index (χ0) is 11.5. The van der Waals surface area contributed by atoms with Crippen LogP contribution >= 0.6 is 11.6 Å². The number of benzene rings is 1. The zero-order valence-corrected chi connectivity index (χ0v) is 10.1. The smallest absolute Gasteiger partial charge is 0.180 e. The van der Waals surface area contributed by atoms with Crippen LogP contribution in [-0.4, -0.2) is 19.8 Å². The molecule has 4 heteroatoms. The average Bonchev–Trinajstić information content (AvgIpc) is 2.29. The molecule has 0 amide bonds. The third-order valence-corrected chi connectivity index (χ3v) is 3.13. The molecule has 0 spiro atoms. The summed E-state index contributed by atoms with van der Waals surface area (Å²) in [5.74, 6) is 1.44. The largest absolute Gasteiger partial charge is 0.486 e. The molecule has 0 radical (unpaired) electrons. The Hall–Kier alpha value is -0.930. The van der Waals surface area contributed by atoms with Gasteiger partial charge in [0.2, 0.25) is 0 Å². The van der Waals surface area contributed by atoms with Gasteiger partial charge in [0.25, 0.3) is 0 Å². The lowest BCUT2D eigenvalue weighted by Crippen LogP contribution is -2.16. The Balaban J connectivity index is 2.37. The van der Waals surface area contributed by atoms with E-state index < -0.39 is 0 Å². The van der Waals surface area contributed by atoms with Gasteiger partial charge in [-0.25, -0.2) is 0 Å². The summed E-state index contributed by atoms with van der Waals surface area (Å²) in [6.45, 7) is 3.86. The normalized spacial score (nSPS) is 13.9. The third-order valence-electron chi connectivity index (χ3n) is 2.73. The molecule has 1 aromatic carbocycles. The topological polar surface area (TPSA) is 44.5 Å². The lowest BCUT2D eigenvalue weighted by Gasteiger charge is -2.22. The Morgan fingerprint density at radius 2 is 2.12 bits per heavy atom. The number of nitrogens with two attached hydrogens (primary N) is 1. The maximum atomic E-state index is 6.32. The molecule has 1 aromatic rings. The summed E-state index contributed by atoms with van der Waals surface area (Å²) < 4.78 is 11.1. The molecular weight excluding hydrogens is 226 g/mol. The molecular formula is C12H16ClNO2. The van der Waals surface area contributed by atoms with Crippen LogP contribution in [0.2, 0.25) is 5.02 Å². The second-order valence-electron chi connectivity index (χ2n) is 3.90. The fraction of sp³-hybridized carbons (Fsp3) is 0.500. The highest BCUT2D eigenvalue weighted by molar-refractivity contribution is 6.33. The monoisotopic (exact) mass is 241 g/mol. The molecule has 0 saturated carbocycles. The second-order valence-corrected chi connectivity index (χ2v) is 4.28. The van der Waals surface area contributed by atoms with Crippen LogP contribution in [0.25, 0.3) is 0 Å². The number of hydrogen-bond acceptors (Lipinski definition) is 3. The summed E-state index contributed by atoms with van der Waals surface area (Å²) in [5.41, 5.74) is 7.78. The number of fused-ring (bicyclic) bond motifs is 1. The molecule has 0 aromatic heterocycles. The maximum absolute atomic E-state index is 6.32. The van der Waals surface area contributed by atoms with Gasteiger partial charge < -0.3 is 15.2 Å². The van der Waals surface area contributed by atoms with Crippen LogP contribution in [0.1, 0.15) is 17.5 Å². The molecule has 0 bridgehead atoms. The van der Waals surface area contributed by atoms with Gasteiger partial charge >= 0.3 is 0 Å². The lowest BCUT2D eigenvalue weighted by molar-refractivity contribution is 0.171. The van der Waals surface area contributed by atoms with E-state index in [-0.39, 0.29) is 0 Å². The summed E-state index contributed by atoms with van der Waals surface area (Å²) in [6.07, 6.45) is 1.82. The number of aryl methyl sites for hydroxylation is 1. The lowest BCUT2D eigenvalue weighted by atomic mass is 10.0. The van der Waals surface area contributed by atoms with Gasteiger partial charge in [0, 0.05) is 0 Å². The van der Waals surface area contributed by atoms with Gasteiger partial charge in [-0.05, 0) is 43.5 Å². The summed E-state index contributed by atoms with van der Waals surface area (Å²) in [7, 11) is 0. The van der Waals surface area contributed by atoms with Crippen LogP contribution in [0.15, 0.2) is 6.07 Å². The van der Waals surface area contributed by atoms with E-state index in [9.17, 15) is 0 Å². The molecule has 0 fully saturated rings. The summed E-state index contributed by atoms with van der Waals surface area (Å²) in [4.78, 5) is 0. The fourth-order valence-electron chi connectivity index (χ4n) is 1.89. The fourth-order valence-corrected chi connectivity index (χ4v) is 2.28. The van der Waals surface area contributed by atoms with Crippen LogP contribution in [0, 0.1) is 6.92 Å². The molecule has 3 nitrogen and oxygen atoms in total. The van der Waals surface area contributed by atoms with E-state index >= 15 is 0 Å². The minimum Gasteiger partial charge on any atom is -0.486 e. The van der Waals surface area contributed by atoms with Crippen molar-refractivity contribution >= 4 is 11.6 Å². The molecule has 1 heterocycles. The summed E-state index contributed by atoms with van der Waals surface area (Å²) in [6, 6.07) is 1.99. The first-order chi connectivity index (χ1) is 7.74. The van der Waals surface area contributed by atoms with Gasteiger partial charge in [-0.1, -0.05) is 11.6 Å². The Bertz CT molecular complexity index is 393. The van der Waals surface area contributed by atoms with Gasteiger partial charge in [0.15, 0.2) is 11.5 Å². The minimum atomic E-state index is 0.562.